The molecule has 1 amide bonds. The maximum absolute atomic E-state index is 13.0. The second kappa shape index (κ2) is 9.06. The van der Waals surface area contributed by atoms with Crippen LogP contribution in [0.3, 0.4) is 0 Å². The first-order valence-corrected chi connectivity index (χ1v) is 11.2. The van der Waals surface area contributed by atoms with Crippen LogP contribution in [0, 0.1) is 0 Å². The third-order valence-electron chi connectivity index (χ3n) is 5.74. The molecule has 1 aromatic carbocycles. The van der Waals surface area contributed by atoms with Crippen LogP contribution in [0.4, 0.5) is 11.5 Å². The zero-order valence-electron chi connectivity index (χ0n) is 19.0. The predicted molar refractivity (Wildman–Crippen MR) is 128 cm³/mol. The van der Waals surface area contributed by atoms with E-state index in [0.717, 1.165) is 13.1 Å². The van der Waals surface area contributed by atoms with Gasteiger partial charge in [-0.15, -0.1) is 10.2 Å². The quantitative estimate of drug-likeness (QED) is 0.468. The van der Waals surface area contributed by atoms with E-state index in [-0.39, 0.29) is 23.1 Å². The Morgan fingerprint density at radius 2 is 1.94 bits per heavy atom. The van der Waals surface area contributed by atoms with Crippen LogP contribution >= 0.6 is 0 Å². The number of anilines is 2. The summed E-state index contributed by atoms with van der Waals surface area (Å²) in [5, 5.41) is 15.0. The molecule has 2 N–H and O–H groups in total. The lowest BCUT2D eigenvalue weighted by Gasteiger charge is -2.26. The predicted octanol–water partition coefficient (Wildman–Crippen LogP) is 2.82. The van der Waals surface area contributed by atoms with E-state index in [0.29, 0.717) is 47.1 Å². The van der Waals surface area contributed by atoms with E-state index in [1.165, 1.54) is 6.07 Å². The Balaban J connectivity index is 1.47. The van der Waals surface area contributed by atoms with Crippen molar-refractivity contribution in [3.63, 3.8) is 0 Å². The van der Waals surface area contributed by atoms with Crippen LogP contribution in [0.5, 0.6) is 0 Å². The fraction of sp³-hybridized carbons (Fsp3) is 0.292. The molecule has 0 spiro atoms. The van der Waals surface area contributed by atoms with Crippen LogP contribution in [0.1, 0.15) is 30.4 Å². The second-order valence-electron chi connectivity index (χ2n) is 8.38. The number of aromatic nitrogens is 4. The Hall–Kier alpha value is -4.05. The lowest BCUT2D eigenvalue weighted by atomic mass is 10.1. The summed E-state index contributed by atoms with van der Waals surface area (Å²) in [6.45, 7) is 6.69. The van der Waals surface area contributed by atoms with Gasteiger partial charge in [0, 0.05) is 38.3 Å². The highest BCUT2D eigenvalue weighted by atomic mass is 16.3. The first-order valence-electron chi connectivity index (χ1n) is 11.2. The van der Waals surface area contributed by atoms with Gasteiger partial charge in [-0.3, -0.25) is 9.59 Å². The summed E-state index contributed by atoms with van der Waals surface area (Å²) in [6.07, 6.45) is 1.68. The largest absolute Gasteiger partial charge is 0.451 e. The first-order chi connectivity index (χ1) is 16.5. The monoisotopic (exact) mass is 459 g/mol. The van der Waals surface area contributed by atoms with Crippen molar-refractivity contribution in [1.82, 2.24) is 30.0 Å². The molecule has 5 rings (SSSR count). The number of pyridine rings is 1. The molecule has 1 fully saturated rings. The molecule has 0 aliphatic carbocycles. The Kier molecular flexibility index (Phi) is 5.81. The normalized spacial score (nSPS) is 14.0. The van der Waals surface area contributed by atoms with Gasteiger partial charge in [-0.25, -0.2) is 4.98 Å². The van der Waals surface area contributed by atoms with Crippen molar-refractivity contribution in [2.75, 3.05) is 31.5 Å². The molecule has 1 saturated heterocycles. The zero-order valence-corrected chi connectivity index (χ0v) is 19.0. The Bertz CT molecular complexity index is 1400. The number of amides is 1. The van der Waals surface area contributed by atoms with Gasteiger partial charge in [0.05, 0.1) is 11.1 Å². The molecule has 0 atom stereocenters. The minimum atomic E-state index is -0.293. The van der Waals surface area contributed by atoms with Crippen molar-refractivity contribution < 1.29 is 9.21 Å². The number of nitrogens with zero attached hydrogens (tertiary/aromatic N) is 5. The van der Waals surface area contributed by atoms with Gasteiger partial charge in [0.25, 0.3) is 5.91 Å². The summed E-state index contributed by atoms with van der Waals surface area (Å²) in [4.78, 5) is 32.2. The molecule has 10 nitrogen and oxygen atoms in total. The van der Waals surface area contributed by atoms with Crippen molar-refractivity contribution in [2.24, 2.45) is 0 Å². The fourth-order valence-corrected chi connectivity index (χ4v) is 4.01. The molecule has 0 saturated carbocycles. The molecule has 0 bridgehead atoms. The molecule has 0 unspecified atom stereocenters. The average molecular weight is 460 g/mol. The molecule has 3 aromatic heterocycles. The highest BCUT2D eigenvalue weighted by molar-refractivity contribution is 5.96. The van der Waals surface area contributed by atoms with E-state index < -0.39 is 0 Å². The van der Waals surface area contributed by atoms with Gasteiger partial charge in [0.2, 0.25) is 0 Å². The van der Waals surface area contributed by atoms with Crippen molar-refractivity contribution in [1.29, 1.82) is 0 Å². The van der Waals surface area contributed by atoms with Gasteiger partial charge in [-0.2, -0.15) is 0 Å². The number of carbonyl (C=O) groups excluding carboxylic acids is 1. The van der Waals surface area contributed by atoms with Crippen LogP contribution in [0.25, 0.3) is 22.5 Å². The molecule has 174 valence electrons. The number of hydrogen-bond acceptors (Lipinski definition) is 8. The van der Waals surface area contributed by atoms with Crippen molar-refractivity contribution in [3.8, 4) is 11.5 Å². The van der Waals surface area contributed by atoms with Gasteiger partial charge in [0.15, 0.2) is 17.0 Å². The molecular formula is C24H25N7O3. The number of rotatable bonds is 5. The highest BCUT2D eigenvalue weighted by Crippen LogP contribution is 2.26. The van der Waals surface area contributed by atoms with Crippen LogP contribution in [0.15, 0.2) is 58.0 Å². The smallest absolute Gasteiger partial charge is 0.289 e. The molecule has 1 aliphatic heterocycles. The number of piperazine rings is 1. The Labute approximate surface area is 195 Å². The summed E-state index contributed by atoms with van der Waals surface area (Å²) >= 11 is 0. The third-order valence-corrected chi connectivity index (χ3v) is 5.74. The maximum Gasteiger partial charge on any atom is 0.289 e. The van der Waals surface area contributed by atoms with E-state index in [9.17, 15) is 9.59 Å². The van der Waals surface area contributed by atoms with E-state index in [1.807, 2.05) is 36.6 Å². The molecular weight excluding hydrogens is 434 g/mol. The number of hydrogen-bond donors (Lipinski definition) is 2. The van der Waals surface area contributed by atoms with E-state index in [2.05, 4.69) is 25.8 Å². The number of carbonyl (C=O) groups is 1. The second-order valence-corrected chi connectivity index (χ2v) is 8.38. The van der Waals surface area contributed by atoms with Crippen molar-refractivity contribution in [2.45, 2.75) is 19.9 Å². The molecule has 34 heavy (non-hydrogen) atoms. The molecule has 0 radical (unpaired) electrons. The lowest BCUT2D eigenvalue weighted by Crippen LogP contribution is -2.46. The molecule has 1 aliphatic rings. The molecule has 4 heterocycles. The van der Waals surface area contributed by atoms with Crippen LogP contribution < -0.4 is 16.1 Å². The van der Waals surface area contributed by atoms with Gasteiger partial charge in [-0.1, -0.05) is 12.1 Å². The van der Waals surface area contributed by atoms with E-state index in [4.69, 9.17) is 4.42 Å². The topological polar surface area (TPSA) is 118 Å². The highest BCUT2D eigenvalue weighted by Gasteiger charge is 2.22. The minimum Gasteiger partial charge on any atom is -0.451 e. The maximum atomic E-state index is 13.0. The van der Waals surface area contributed by atoms with Crippen LogP contribution in [-0.4, -0.2) is 56.7 Å². The van der Waals surface area contributed by atoms with Crippen LogP contribution in [-0.2, 0) is 0 Å². The first kappa shape index (κ1) is 21.8. The molecule has 4 aromatic rings. The number of fused-ring (bicyclic) bond motifs is 1. The number of benzene rings is 1. The van der Waals surface area contributed by atoms with Gasteiger partial charge < -0.3 is 24.5 Å². The van der Waals surface area contributed by atoms with E-state index >= 15 is 0 Å². The summed E-state index contributed by atoms with van der Waals surface area (Å²) < 4.78 is 7.81. The zero-order chi connectivity index (χ0) is 23.7. The standard InChI is InChI=1S/C24H25N7O3/c1-15(2)31-14-26-29-23(31)17-6-4-8-21(28-17)27-16-5-3-7-19-22(16)18(32)13-20(34-19)24(33)30-11-9-25-10-12-30/h3-8,13-15,25H,9-12H2,1-2H3,(H,27,28). The summed E-state index contributed by atoms with van der Waals surface area (Å²) in [5.41, 5.74) is 1.25. The summed E-state index contributed by atoms with van der Waals surface area (Å²) in [7, 11) is 0. The van der Waals surface area contributed by atoms with Crippen molar-refractivity contribution >= 4 is 28.4 Å². The molecule has 10 heteroatoms. The minimum absolute atomic E-state index is 0.0460. The van der Waals surface area contributed by atoms with Gasteiger partial charge in [0.1, 0.15) is 23.4 Å². The lowest BCUT2D eigenvalue weighted by molar-refractivity contribution is 0.0704. The van der Waals surface area contributed by atoms with Gasteiger partial charge >= 0.3 is 0 Å². The van der Waals surface area contributed by atoms with Crippen LogP contribution in [0.2, 0.25) is 0 Å². The van der Waals surface area contributed by atoms with E-state index in [1.54, 1.807) is 29.4 Å². The SMILES string of the molecule is CC(C)n1cnnc1-c1cccc(Nc2cccc3oc(C(=O)N4CCNCC4)cc(=O)c23)n1. The summed E-state index contributed by atoms with van der Waals surface area (Å²) in [6, 6.07) is 12.2. The number of nitrogens with one attached hydrogen (secondary N) is 2. The summed E-state index contributed by atoms with van der Waals surface area (Å²) in [5.74, 6) is 0.975. The Morgan fingerprint density at radius 3 is 2.74 bits per heavy atom. The van der Waals surface area contributed by atoms with Crippen molar-refractivity contribution in [3.05, 3.63) is 64.8 Å². The average Bonchev–Trinajstić information content (AvgIpc) is 3.35. The fourth-order valence-electron chi connectivity index (χ4n) is 4.01. The van der Waals surface area contributed by atoms with Gasteiger partial charge in [-0.05, 0) is 38.1 Å². The Morgan fingerprint density at radius 1 is 1.15 bits per heavy atom. The third kappa shape index (κ3) is 4.15.